The third kappa shape index (κ3) is 1.07. The molecule has 0 aliphatic rings. The minimum absolute atomic E-state index is 1.07. The van der Waals surface area contributed by atoms with Crippen LogP contribution < -0.4 is 0 Å². The minimum Gasteiger partial charge on any atom is -0.360 e. The molecule has 12 heavy (non-hydrogen) atoms. The summed E-state index contributed by atoms with van der Waals surface area (Å²) >= 11 is 3.50. The van der Waals surface area contributed by atoms with Crippen LogP contribution in [0.3, 0.4) is 0 Å². The molecule has 0 amide bonds. The number of nitrogens with one attached hydrogen (secondary N) is 1. The lowest BCUT2D eigenvalue weighted by molar-refractivity contribution is 1.15. The predicted octanol–water partition coefficient (Wildman–Crippen LogP) is 3.49. The van der Waals surface area contributed by atoms with Crippen LogP contribution in [0.1, 0.15) is 12.5 Å². The van der Waals surface area contributed by atoms with Crippen molar-refractivity contribution in [1.29, 1.82) is 0 Å². The van der Waals surface area contributed by atoms with Crippen LogP contribution >= 0.6 is 15.9 Å². The molecule has 1 N–H and O–H groups in total. The van der Waals surface area contributed by atoms with Gasteiger partial charge in [-0.05, 0) is 27.9 Å². The SMILES string of the molecule is CCc1cccc2c(Br)c[nH]c12. The highest BCUT2D eigenvalue weighted by Gasteiger charge is 2.02. The number of H-pyrrole nitrogens is 1. The number of rotatable bonds is 1. The summed E-state index contributed by atoms with van der Waals surface area (Å²) in [5.74, 6) is 0. The molecule has 2 heteroatoms. The first kappa shape index (κ1) is 7.87. The Balaban J connectivity index is 2.81. The second kappa shape index (κ2) is 2.94. The van der Waals surface area contributed by atoms with Crippen LogP contribution in [-0.4, -0.2) is 4.98 Å². The highest BCUT2D eigenvalue weighted by atomic mass is 79.9. The van der Waals surface area contributed by atoms with Crippen molar-refractivity contribution < 1.29 is 0 Å². The number of aromatic amines is 1. The van der Waals surface area contributed by atoms with Gasteiger partial charge in [-0.25, -0.2) is 0 Å². The summed E-state index contributed by atoms with van der Waals surface area (Å²) in [7, 11) is 0. The number of hydrogen-bond donors (Lipinski definition) is 1. The van der Waals surface area contributed by atoms with Crippen molar-refractivity contribution in [3.05, 3.63) is 34.4 Å². The van der Waals surface area contributed by atoms with E-state index in [0.29, 0.717) is 0 Å². The Morgan fingerprint density at radius 3 is 3.00 bits per heavy atom. The smallest absolute Gasteiger partial charge is 0.0498 e. The third-order valence-electron chi connectivity index (χ3n) is 2.13. The lowest BCUT2D eigenvalue weighted by atomic mass is 10.1. The van der Waals surface area contributed by atoms with E-state index in [-0.39, 0.29) is 0 Å². The molecule has 0 unspecified atom stereocenters. The summed E-state index contributed by atoms with van der Waals surface area (Å²) in [5, 5.41) is 1.27. The van der Waals surface area contributed by atoms with Crippen molar-refractivity contribution in [2.45, 2.75) is 13.3 Å². The zero-order valence-electron chi connectivity index (χ0n) is 6.89. The second-order valence-electron chi connectivity index (χ2n) is 2.83. The Hall–Kier alpha value is -0.760. The molecule has 0 bridgehead atoms. The van der Waals surface area contributed by atoms with Crippen LogP contribution in [0, 0.1) is 0 Å². The number of aromatic nitrogens is 1. The molecule has 1 aromatic carbocycles. The van der Waals surface area contributed by atoms with E-state index in [2.05, 4.69) is 46.0 Å². The molecule has 1 heterocycles. The van der Waals surface area contributed by atoms with Crippen LogP contribution in [0.25, 0.3) is 10.9 Å². The van der Waals surface area contributed by atoms with Crippen LogP contribution in [0.2, 0.25) is 0 Å². The molecule has 0 fully saturated rings. The number of benzene rings is 1. The topological polar surface area (TPSA) is 15.8 Å². The van der Waals surface area contributed by atoms with Crippen molar-refractivity contribution >= 4 is 26.8 Å². The first-order valence-electron chi connectivity index (χ1n) is 4.07. The predicted molar refractivity (Wildman–Crippen MR) is 55.4 cm³/mol. The van der Waals surface area contributed by atoms with Crippen molar-refractivity contribution in [1.82, 2.24) is 4.98 Å². The second-order valence-corrected chi connectivity index (χ2v) is 3.68. The fraction of sp³-hybridized carbons (Fsp3) is 0.200. The lowest BCUT2D eigenvalue weighted by Gasteiger charge is -1.97. The number of halogens is 1. The zero-order valence-corrected chi connectivity index (χ0v) is 8.48. The quantitative estimate of drug-likeness (QED) is 0.763. The van der Waals surface area contributed by atoms with Gasteiger partial charge in [0, 0.05) is 21.6 Å². The van der Waals surface area contributed by atoms with Gasteiger partial charge in [0.05, 0.1) is 0 Å². The van der Waals surface area contributed by atoms with Gasteiger partial charge in [-0.3, -0.25) is 0 Å². The van der Waals surface area contributed by atoms with Gasteiger partial charge in [-0.1, -0.05) is 25.1 Å². The summed E-state index contributed by atoms with van der Waals surface area (Å²) in [6.07, 6.45) is 3.06. The molecule has 0 aliphatic carbocycles. The van der Waals surface area contributed by atoms with E-state index in [4.69, 9.17) is 0 Å². The van der Waals surface area contributed by atoms with Crippen LogP contribution in [0.5, 0.6) is 0 Å². The van der Waals surface area contributed by atoms with E-state index >= 15 is 0 Å². The van der Waals surface area contributed by atoms with Crippen molar-refractivity contribution in [2.24, 2.45) is 0 Å². The summed E-state index contributed by atoms with van der Waals surface area (Å²) < 4.78 is 1.15. The van der Waals surface area contributed by atoms with Gasteiger partial charge in [0.2, 0.25) is 0 Å². The molecule has 0 spiro atoms. The maximum absolute atomic E-state index is 3.50. The summed E-state index contributed by atoms with van der Waals surface area (Å²) in [6.45, 7) is 2.17. The lowest BCUT2D eigenvalue weighted by Crippen LogP contribution is -1.80. The van der Waals surface area contributed by atoms with E-state index < -0.39 is 0 Å². The summed E-state index contributed by atoms with van der Waals surface area (Å²) in [4.78, 5) is 3.26. The van der Waals surface area contributed by atoms with Gasteiger partial charge in [-0.2, -0.15) is 0 Å². The van der Waals surface area contributed by atoms with Crippen molar-refractivity contribution in [2.75, 3.05) is 0 Å². The first-order chi connectivity index (χ1) is 5.83. The Kier molecular flexibility index (Phi) is 1.93. The molecule has 1 nitrogen and oxygen atoms in total. The highest BCUT2D eigenvalue weighted by Crippen LogP contribution is 2.25. The molecule has 0 saturated carbocycles. The summed E-state index contributed by atoms with van der Waals surface area (Å²) in [5.41, 5.74) is 2.63. The molecule has 0 atom stereocenters. The third-order valence-corrected chi connectivity index (χ3v) is 2.79. The number of hydrogen-bond acceptors (Lipinski definition) is 0. The monoisotopic (exact) mass is 223 g/mol. The Morgan fingerprint density at radius 2 is 2.25 bits per heavy atom. The fourth-order valence-electron chi connectivity index (χ4n) is 1.48. The largest absolute Gasteiger partial charge is 0.360 e. The standard InChI is InChI=1S/C10H10BrN/c1-2-7-4-3-5-8-9(11)6-12-10(7)8/h3-6,12H,2H2,1H3. The van der Waals surface area contributed by atoms with Crippen LogP contribution in [-0.2, 0) is 6.42 Å². The Labute approximate surface area is 79.9 Å². The molecule has 2 rings (SSSR count). The van der Waals surface area contributed by atoms with E-state index in [1.165, 1.54) is 16.5 Å². The maximum atomic E-state index is 3.50. The number of aryl methyl sites for hydroxylation is 1. The minimum atomic E-state index is 1.07. The van der Waals surface area contributed by atoms with Crippen LogP contribution in [0.4, 0.5) is 0 Å². The molecule has 0 saturated heterocycles. The van der Waals surface area contributed by atoms with Gasteiger partial charge in [-0.15, -0.1) is 0 Å². The molecular weight excluding hydrogens is 214 g/mol. The van der Waals surface area contributed by atoms with Gasteiger partial charge in [0.1, 0.15) is 0 Å². The Morgan fingerprint density at radius 1 is 1.42 bits per heavy atom. The van der Waals surface area contributed by atoms with Crippen molar-refractivity contribution in [3.63, 3.8) is 0 Å². The van der Waals surface area contributed by atoms with Crippen LogP contribution in [0.15, 0.2) is 28.9 Å². The molecule has 1 aromatic heterocycles. The van der Waals surface area contributed by atoms with Gasteiger partial charge < -0.3 is 4.98 Å². The van der Waals surface area contributed by atoms with Crippen molar-refractivity contribution in [3.8, 4) is 0 Å². The average Bonchev–Trinajstić information content (AvgIpc) is 2.48. The molecule has 2 aromatic rings. The average molecular weight is 224 g/mol. The van der Waals surface area contributed by atoms with Gasteiger partial charge in [0.25, 0.3) is 0 Å². The van der Waals surface area contributed by atoms with Gasteiger partial charge >= 0.3 is 0 Å². The van der Waals surface area contributed by atoms with E-state index in [1.54, 1.807) is 0 Å². The first-order valence-corrected chi connectivity index (χ1v) is 4.86. The maximum Gasteiger partial charge on any atom is 0.0498 e. The zero-order chi connectivity index (χ0) is 8.55. The van der Waals surface area contributed by atoms with E-state index in [1.807, 2.05) is 6.20 Å². The van der Waals surface area contributed by atoms with E-state index in [9.17, 15) is 0 Å². The molecular formula is C10H10BrN. The number of fused-ring (bicyclic) bond motifs is 1. The molecule has 0 radical (unpaired) electrons. The van der Waals surface area contributed by atoms with Gasteiger partial charge in [0.15, 0.2) is 0 Å². The molecule has 62 valence electrons. The Bertz CT molecular complexity index is 403. The highest BCUT2D eigenvalue weighted by molar-refractivity contribution is 9.10. The normalized spacial score (nSPS) is 10.8. The van der Waals surface area contributed by atoms with E-state index in [0.717, 1.165) is 10.9 Å². The number of para-hydroxylation sites is 1. The molecule has 0 aliphatic heterocycles. The summed E-state index contributed by atoms with van der Waals surface area (Å²) in [6, 6.07) is 6.38. The fourth-order valence-corrected chi connectivity index (χ4v) is 1.92.